The fraction of sp³-hybridized carbons (Fsp3) is 0.350. The smallest absolute Gasteiger partial charge is 0.378 e. The van der Waals surface area contributed by atoms with Crippen molar-refractivity contribution < 1.29 is 32.7 Å². The number of nitrogens with one attached hydrogen (secondary N) is 1. The molecule has 6 nitrogen and oxygen atoms in total. The molecule has 1 aromatic carbocycles. The number of rotatable bonds is 6. The molecule has 9 heteroatoms. The molecule has 0 spiro atoms. The van der Waals surface area contributed by atoms with Crippen LogP contribution >= 0.6 is 0 Å². The fourth-order valence-electron chi connectivity index (χ4n) is 3.93. The van der Waals surface area contributed by atoms with Gasteiger partial charge >= 0.3 is 5.97 Å². The molecule has 0 fully saturated rings. The monoisotopic (exact) mass is 408 g/mol. The van der Waals surface area contributed by atoms with Crippen LogP contribution < -0.4 is 5.32 Å². The number of carbonyl (C=O) groups excluding carboxylic acids is 2. The number of anilines is 1. The van der Waals surface area contributed by atoms with Gasteiger partial charge in [0, 0.05) is 23.8 Å². The molecule has 0 radical (unpaired) electrons. The van der Waals surface area contributed by atoms with E-state index < -0.39 is 41.4 Å². The number of ketones is 1. The summed E-state index contributed by atoms with van der Waals surface area (Å²) in [7, 11) is 0. The zero-order chi connectivity index (χ0) is 21.5. The second kappa shape index (κ2) is 7.73. The van der Waals surface area contributed by atoms with E-state index in [-0.39, 0.29) is 23.8 Å². The van der Waals surface area contributed by atoms with Crippen LogP contribution in [0, 0.1) is 18.7 Å². The molecule has 1 amide bonds. The van der Waals surface area contributed by atoms with Crippen LogP contribution in [-0.2, 0) is 16.1 Å². The number of alkyl halides is 2. The zero-order valence-electron chi connectivity index (χ0n) is 15.7. The third-order valence-corrected chi connectivity index (χ3v) is 5.25. The molecule has 2 heterocycles. The van der Waals surface area contributed by atoms with Crippen LogP contribution in [0.5, 0.6) is 0 Å². The minimum atomic E-state index is -3.02. The minimum Gasteiger partial charge on any atom is -0.475 e. The first-order valence-corrected chi connectivity index (χ1v) is 9.01. The van der Waals surface area contributed by atoms with E-state index in [1.807, 2.05) is 6.92 Å². The molecule has 3 rings (SSSR count). The van der Waals surface area contributed by atoms with Crippen molar-refractivity contribution in [1.82, 2.24) is 4.57 Å². The standard InChI is InChI=1S/C20H19F3N2O4/c1-3-11-13(8-25-15(11)6-9(2)16(25)17(26)20(28)29)19(27)24-10-4-5-14(21)12(7-10)18(22)23/h4-7,11,13,18H,3,8H2,1-2H3,(H,24,27)(H,28,29). The van der Waals surface area contributed by atoms with Crippen molar-refractivity contribution in [3.8, 4) is 0 Å². The van der Waals surface area contributed by atoms with Gasteiger partial charge in [0.1, 0.15) is 5.82 Å². The van der Waals surface area contributed by atoms with Gasteiger partial charge in [-0.15, -0.1) is 0 Å². The summed E-state index contributed by atoms with van der Waals surface area (Å²) in [4.78, 5) is 36.0. The first-order chi connectivity index (χ1) is 13.6. The second-order valence-electron chi connectivity index (χ2n) is 6.99. The molecular weight excluding hydrogens is 389 g/mol. The number of amides is 1. The van der Waals surface area contributed by atoms with Crippen molar-refractivity contribution in [2.75, 3.05) is 5.32 Å². The van der Waals surface area contributed by atoms with Gasteiger partial charge in [0.15, 0.2) is 0 Å². The summed E-state index contributed by atoms with van der Waals surface area (Å²) in [5, 5.41) is 11.6. The molecule has 154 valence electrons. The Morgan fingerprint density at radius 1 is 1.28 bits per heavy atom. The lowest BCUT2D eigenvalue weighted by atomic mass is 9.89. The highest BCUT2D eigenvalue weighted by Crippen LogP contribution is 2.40. The molecule has 2 unspecified atom stereocenters. The number of nitrogens with zero attached hydrogens (tertiary/aromatic N) is 1. The van der Waals surface area contributed by atoms with Gasteiger partial charge in [-0.3, -0.25) is 9.59 Å². The number of carboxylic acid groups (broad SMARTS) is 1. The van der Waals surface area contributed by atoms with Crippen molar-refractivity contribution in [2.45, 2.75) is 39.2 Å². The molecule has 1 aliphatic heterocycles. The maximum Gasteiger partial charge on any atom is 0.378 e. The number of carbonyl (C=O) groups is 3. The van der Waals surface area contributed by atoms with Gasteiger partial charge in [-0.05, 0) is 43.2 Å². The normalized spacial score (nSPS) is 18.0. The van der Waals surface area contributed by atoms with Crippen LogP contribution in [0.2, 0.25) is 0 Å². The Morgan fingerprint density at radius 3 is 2.55 bits per heavy atom. The maximum atomic E-state index is 13.5. The van der Waals surface area contributed by atoms with Gasteiger partial charge in [0.2, 0.25) is 5.91 Å². The minimum absolute atomic E-state index is 0.0306. The Kier molecular flexibility index (Phi) is 5.50. The Labute approximate surface area is 164 Å². The Balaban J connectivity index is 1.88. The summed E-state index contributed by atoms with van der Waals surface area (Å²) >= 11 is 0. The van der Waals surface area contributed by atoms with Gasteiger partial charge in [-0.25, -0.2) is 18.0 Å². The first-order valence-electron chi connectivity index (χ1n) is 9.01. The van der Waals surface area contributed by atoms with Gasteiger partial charge in [0.25, 0.3) is 12.2 Å². The molecule has 2 atom stereocenters. The summed E-state index contributed by atoms with van der Waals surface area (Å²) in [5.74, 6) is -5.08. The van der Waals surface area contributed by atoms with E-state index in [4.69, 9.17) is 5.11 Å². The Hall–Kier alpha value is -3.10. The summed E-state index contributed by atoms with van der Waals surface area (Å²) < 4.78 is 40.8. The van der Waals surface area contributed by atoms with Crippen LogP contribution in [0.4, 0.5) is 18.9 Å². The predicted octanol–water partition coefficient (Wildman–Crippen LogP) is 3.90. The third kappa shape index (κ3) is 3.64. The van der Waals surface area contributed by atoms with Crippen molar-refractivity contribution in [3.63, 3.8) is 0 Å². The van der Waals surface area contributed by atoms with Crippen LogP contribution in [0.25, 0.3) is 0 Å². The Morgan fingerprint density at radius 2 is 1.97 bits per heavy atom. The molecule has 2 N–H and O–H groups in total. The maximum absolute atomic E-state index is 13.5. The molecule has 1 aliphatic rings. The Bertz CT molecular complexity index is 1000. The SMILES string of the molecule is CCC1c2cc(C)c(C(=O)C(=O)O)n2CC1C(=O)Nc1ccc(F)c(C(F)F)c1. The number of fused-ring (bicyclic) bond motifs is 1. The quantitative estimate of drug-likeness (QED) is 0.561. The highest BCUT2D eigenvalue weighted by Gasteiger charge is 2.40. The van der Waals surface area contributed by atoms with E-state index in [2.05, 4.69) is 5.32 Å². The van der Waals surface area contributed by atoms with Crippen LogP contribution in [-0.4, -0.2) is 27.3 Å². The van der Waals surface area contributed by atoms with Crippen LogP contribution in [0.1, 0.15) is 53.0 Å². The summed E-state index contributed by atoms with van der Waals surface area (Å²) in [6.07, 6.45) is -2.47. The van der Waals surface area contributed by atoms with Crippen molar-refractivity contribution in [1.29, 1.82) is 0 Å². The molecule has 0 bridgehead atoms. The van der Waals surface area contributed by atoms with Crippen molar-refractivity contribution in [2.24, 2.45) is 5.92 Å². The van der Waals surface area contributed by atoms with Crippen LogP contribution in [0.3, 0.4) is 0 Å². The van der Waals surface area contributed by atoms with E-state index >= 15 is 0 Å². The molecule has 2 aromatic rings. The lowest BCUT2D eigenvalue weighted by molar-refractivity contribution is -0.131. The predicted molar refractivity (Wildman–Crippen MR) is 97.6 cm³/mol. The number of aromatic nitrogens is 1. The van der Waals surface area contributed by atoms with Gasteiger partial charge in [-0.1, -0.05) is 6.92 Å². The number of aliphatic carboxylic acids is 1. The molecule has 0 saturated heterocycles. The number of benzene rings is 1. The highest BCUT2D eigenvalue weighted by molar-refractivity contribution is 6.39. The van der Waals surface area contributed by atoms with Gasteiger partial charge < -0.3 is 15.0 Å². The summed E-state index contributed by atoms with van der Waals surface area (Å²) in [5.41, 5.74) is 0.462. The largest absolute Gasteiger partial charge is 0.475 e. The van der Waals surface area contributed by atoms with Gasteiger partial charge in [-0.2, -0.15) is 0 Å². The van der Waals surface area contributed by atoms with Crippen molar-refractivity contribution in [3.05, 3.63) is 52.6 Å². The molecular formula is C20H19F3N2O4. The van der Waals surface area contributed by atoms with Gasteiger partial charge in [0.05, 0.1) is 17.2 Å². The molecule has 1 aromatic heterocycles. The number of aryl methyl sites for hydroxylation is 1. The van der Waals surface area contributed by atoms with E-state index in [0.717, 1.165) is 12.1 Å². The highest BCUT2D eigenvalue weighted by atomic mass is 19.3. The average Bonchev–Trinajstić information content (AvgIpc) is 3.16. The lowest BCUT2D eigenvalue weighted by Crippen LogP contribution is -2.27. The van der Waals surface area contributed by atoms with E-state index in [0.29, 0.717) is 17.7 Å². The molecule has 0 aliphatic carbocycles. The number of hydrogen-bond acceptors (Lipinski definition) is 3. The number of halogens is 3. The number of carboxylic acids is 1. The number of Topliss-reactive ketones (excluding diaryl/α,β-unsaturated/α-hetero) is 1. The van der Waals surface area contributed by atoms with Crippen molar-refractivity contribution >= 4 is 23.3 Å². The molecule has 0 saturated carbocycles. The zero-order valence-corrected chi connectivity index (χ0v) is 15.7. The topological polar surface area (TPSA) is 88.4 Å². The molecule has 29 heavy (non-hydrogen) atoms. The van der Waals surface area contributed by atoms with E-state index in [9.17, 15) is 27.6 Å². The first kappa shape index (κ1) is 20.6. The second-order valence-corrected chi connectivity index (χ2v) is 6.99. The summed E-state index contributed by atoms with van der Waals surface area (Å²) in [6, 6.07) is 4.64. The summed E-state index contributed by atoms with van der Waals surface area (Å²) in [6.45, 7) is 3.58. The third-order valence-electron chi connectivity index (χ3n) is 5.25. The number of hydrogen-bond donors (Lipinski definition) is 2. The average molecular weight is 408 g/mol. The van der Waals surface area contributed by atoms with E-state index in [1.165, 1.54) is 6.07 Å². The van der Waals surface area contributed by atoms with Crippen LogP contribution in [0.15, 0.2) is 24.3 Å². The lowest BCUT2D eigenvalue weighted by Gasteiger charge is -2.18. The fourth-order valence-corrected chi connectivity index (χ4v) is 3.93. The van der Waals surface area contributed by atoms with E-state index in [1.54, 1.807) is 17.6 Å².